The zero-order valence-corrected chi connectivity index (χ0v) is 8.78. The maximum Gasteiger partial charge on any atom is 0.333 e. The first-order valence-corrected chi connectivity index (χ1v) is 5.75. The highest BCUT2D eigenvalue weighted by Gasteiger charge is 2.44. The summed E-state index contributed by atoms with van der Waals surface area (Å²) in [5.74, 6) is 0. The van der Waals surface area contributed by atoms with Crippen LogP contribution in [0.3, 0.4) is 0 Å². The van der Waals surface area contributed by atoms with E-state index in [0.29, 0.717) is 0 Å². The van der Waals surface area contributed by atoms with Gasteiger partial charge in [0.25, 0.3) is 0 Å². The summed E-state index contributed by atoms with van der Waals surface area (Å²) in [6.07, 6.45) is -6.34. The van der Waals surface area contributed by atoms with Gasteiger partial charge in [-0.3, -0.25) is 4.55 Å². The van der Waals surface area contributed by atoms with E-state index in [9.17, 15) is 23.7 Å². The number of rotatable bonds is 3. The van der Waals surface area contributed by atoms with Gasteiger partial charge in [0.15, 0.2) is 6.29 Å². The van der Waals surface area contributed by atoms with Gasteiger partial charge < -0.3 is 25.2 Å². The summed E-state index contributed by atoms with van der Waals surface area (Å²) in [7, 11) is -4.66. The summed E-state index contributed by atoms with van der Waals surface area (Å²) >= 11 is 0. The van der Waals surface area contributed by atoms with Crippen LogP contribution in [0.2, 0.25) is 0 Å². The minimum atomic E-state index is -4.66. The molecule has 1 aliphatic rings. The van der Waals surface area contributed by atoms with Crippen molar-refractivity contribution in [3.8, 4) is 0 Å². The molecule has 1 rings (SSSR count). The molecule has 0 amide bonds. The van der Waals surface area contributed by atoms with E-state index in [2.05, 4.69) is 4.74 Å². The Morgan fingerprint density at radius 3 is 2.19 bits per heavy atom. The molecule has 1 aliphatic heterocycles. The zero-order valence-electron chi connectivity index (χ0n) is 7.96. The fourth-order valence-corrected chi connectivity index (χ4v) is 2.00. The van der Waals surface area contributed by atoms with Gasteiger partial charge in [-0.2, -0.15) is 13.1 Å². The molecule has 16 heavy (non-hydrogen) atoms. The zero-order chi connectivity index (χ0) is 12.5. The van der Waals surface area contributed by atoms with Crippen LogP contribution in [-0.4, -0.2) is 70.6 Å². The van der Waals surface area contributed by atoms with E-state index in [-0.39, 0.29) is 0 Å². The minimum absolute atomic E-state index is 0.659. The molecule has 0 aromatic heterocycles. The highest BCUT2D eigenvalue weighted by Crippen LogP contribution is 2.19. The Kier molecular flexibility index (Phi) is 4.20. The van der Waals surface area contributed by atoms with Crippen LogP contribution in [-0.2, 0) is 15.0 Å². The molecule has 0 aromatic rings. The van der Waals surface area contributed by atoms with Gasteiger partial charge in [0.2, 0.25) is 0 Å². The van der Waals surface area contributed by atoms with Crippen LogP contribution in [0, 0.1) is 0 Å². The summed E-state index contributed by atoms with van der Waals surface area (Å²) in [6.45, 7) is -0.659. The molecule has 5 atom stereocenters. The Morgan fingerprint density at radius 2 is 1.75 bits per heavy atom. The average Bonchev–Trinajstić information content (AvgIpc) is 2.17. The fraction of sp³-hybridized carbons (Fsp3) is 1.00. The smallest absolute Gasteiger partial charge is 0.333 e. The molecule has 0 aliphatic carbocycles. The van der Waals surface area contributed by atoms with E-state index in [1.807, 2.05) is 0 Å². The van der Waals surface area contributed by atoms with Crippen LogP contribution >= 0.6 is 0 Å². The molecule has 0 spiro atoms. The van der Waals surface area contributed by atoms with Gasteiger partial charge in [0.05, 0.1) is 6.61 Å². The maximum absolute atomic E-state index is 10.5. The molecule has 1 saturated heterocycles. The van der Waals surface area contributed by atoms with Crippen LogP contribution < -0.4 is 4.72 Å². The highest BCUT2D eigenvalue weighted by molar-refractivity contribution is 7.83. The van der Waals surface area contributed by atoms with Crippen LogP contribution in [0.1, 0.15) is 0 Å². The molecule has 6 N–H and O–H groups in total. The molecule has 0 radical (unpaired) electrons. The number of hydrogen-bond acceptors (Lipinski definition) is 7. The van der Waals surface area contributed by atoms with Crippen molar-refractivity contribution in [2.24, 2.45) is 0 Å². The quantitative estimate of drug-likeness (QED) is 0.281. The number of aliphatic hydroxyl groups excluding tert-OH is 4. The Bertz CT molecular complexity index is 331. The first kappa shape index (κ1) is 13.7. The largest absolute Gasteiger partial charge is 0.394 e. The molecule has 10 heteroatoms. The van der Waals surface area contributed by atoms with Gasteiger partial charge in [0, 0.05) is 0 Å². The predicted octanol–water partition coefficient (Wildman–Crippen LogP) is -3.82. The van der Waals surface area contributed by atoms with E-state index in [1.54, 1.807) is 0 Å². The number of aliphatic hydroxyl groups is 4. The summed E-state index contributed by atoms with van der Waals surface area (Å²) < 4.78 is 35.6. The van der Waals surface area contributed by atoms with Crippen molar-refractivity contribution in [2.45, 2.75) is 30.6 Å². The van der Waals surface area contributed by atoms with Crippen molar-refractivity contribution in [2.75, 3.05) is 6.61 Å². The second-order valence-corrected chi connectivity index (χ2v) is 4.53. The van der Waals surface area contributed by atoms with Crippen LogP contribution in [0.15, 0.2) is 0 Å². The Balaban J connectivity index is 2.80. The lowest BCUT2D eigenvalue weighted by atomic mass is 9.98. The van der Waals surface area contributed by atoms with E-state index in [4.69, 9.17) is 9.66 Å². The Morgan fingerprint density at radius 1 is 1.19 bits per heavy atom. The van der Waals surface area contributed by atoms with Gasteiger partial charge in [0.1, 0.15) is 24.4 Å². The molecule has 1 fully saturated rings. The van der Waals surface area contributed by atoms with Crippen molar-refractivity contribution >= 4 is 10.3 Å². The number of ether oxygens (including phenoxy) is 1. The van der Waals surface area contributed by atoms with E-state index in [1.165, 1.54) is 4.72 Å². The topological polar surface area (TPSA) is 157 Å². The highest BCUT2D eigenvalue weighted by atomic mass is 32.2. The van der Waals surface area contributed by atoms with Gasteiger partial charge in [-0.25, -0.2) is 0 Å². The monoisotopic (exact) mass is 259 g/mol. The second-order valence-electron chi connectivity index (χ2n) is 3.35. The summed E-state index contributed by atoms with van der Waals surface area (Å²) in [6, 6.07) is -1.62. The van der Waals surface area contributed by atoms with Gasteiger partial charge in [-0.1, -0.05) is 0 Å². The maximum atomic E-state index is 10.5. The predicted molar refractivity (Wildman–Crippen MR) is 48.5 cm³/mol. The van der Waals surface area contributed by atoms with Crippen molar-refractivity contribution < 1.29 is 38.1 Å². The van der Waals surface area contributed by atoms with Crippen LogP contribution in [0.4, 0.5) is 0 Å². The third-order valence-corrected chi connectivity index (χ3v) is 2.76. The molecular formula is C6H13NO8S. The molecule has 0 saturated carbocycles. The van der Waals surface area contributed by atoms with Gasteiger partial charge in [-0.05, 0) is 0 Å². The third kappa shape index (κ3) is 3.09. The lowest BCUT2D eigenvalue weighted by molar-refractivity contribution is -0.251. The van der Waals surface area contributed by atoms with Crippen molar-refractivity contribution in [1.29, 1.82) is 0 Å². The second kappa shape index (κ2) is 4.89. The van der Waals surface area contributed by atoms with Crippen molar-refractivity contribution in [3.05, 3.63) is 0 Å². The van der Waals surface area contributed by atoms with E-state index in [0.717, 1.165) is 0 Å². The molecular weight excluding hydrogens is 246 g/mol. The normalized spacial score (nSPS) is 40.9. The first-order chi connectivity index (χ1) is 7.26. The lowest BCUT2D eigenvalue weighted by Gasteiger charge is -2.39. The molecule has 0 bridgehead atoms. The van der Waals surface area contributed by atoms with Crippen molar-refractivity contribution in [3.63, 3.8) is 0 Å². The SMILES string of the molecule is O=S(=O)(O)N[C@H]1[C@H](O)[C@@H](O)[C@@H](CO)O[C@H]1O. The molecule has 9 nitrogen and oxygen atoms in total. The standard InChI is InChI=1S/C6H13NO8S/c8-1-2-4(9)5(10)3(6(11)15-2)7-16(12,13)14/h2-11H,1H2,(H,12,13,14)/t2-,3+,4+,5+,6-/m1/s1. The molecule has 1 heterocycles. The molecule has 0 unspecified atom stereocenters. The van der Waals surface area contributed by atoms with Crippen LogP contribution in [0.5, 0.6) is 0 Å². The summed E-state index contributed by atoms with van der Waals surface area (Å²) in [4.78, 5) is 0. The average molecular weight is 259 g/mol. The molecule has 0 aromatic carbocycles. The Hall–Kier alpha value is -0.330. The van der Waals surface area contributed by atoms with Gasteiger partial charge >= 0.3 is 10.3 Å². The van der Waals surface area contributed by atoms with E-state index < -0.39 is 47.6 Å². The summed E-state index contributed by atoms with van der Waals surface area (Å²) in [5, 5.41) is 36.8. The number of nitrogens with one attached hydrogen (secondary N) is 1. The van der Waals surface area contributed by atoms with E-state index >= 15 is 0 Å². The summed E-state index contributed by atoms with van der Waals surface area (Å²) in [5.41, 5.74) is 0. The number of hydrogen-bond donors (Lipinski definition) is 6. The Labute approximate surface area is 91.2 Å². The fourth-order valence-electron chi connectivity index (χ4n) is 1.40. The molecule has 96 valence electrons. The van der Waals surface area contributed by atoms with Crippen LogP contribution in [0.25, 0.3) is 0 Å². The van der Waals surface area contributed by atoms with Gasteiger partial charge in [-0.15, -0.1) is 0 Å². The third-order valence-electron chi connectivity index (χ3n) is 2.19. The van der Waals surface area contributed by atoms with Crippen molar-refractivity contribution in [1.82, 2.24) is 4.72 Å². The first-order valence-electron chi connectivity index (χ1n) is 4.31. The lowest BCUT2D eigenvalue weighted by Crippen LogP contribution is -2.64. The minimum Gasteiger partial charge on any atom is -0.394 e.